The summed E-state index contributed by atoms with van der Waals surface area (Å²) in [5, 5.41) is 0. The Balaban J connectivity index is 0.000000775. The van der Waals surface area contributed by atoms with Gasteiger partial charge in [0.15, 0.2) is 5.78 Å². The van der Waals surface area contributed by atoms with Crippen LogP contribution in [0.2, 0.25) is 0 Å². The van der Waals surface area contributed by atoms with Gasteiger partial charge in [0.05, 0.1) is 0 Å². The number of aryl methyl sites for hydroxylation is 10. The van der Waals surface area contributed by atoms with Crippen molar-refractivity contribution >= 4 is 5.78 Å². The standard InChI is InChI=1S/C12H15FO.C11H14F2.5C11H15F.4C11H16.C10H13F/c1-8(14)9-5-6-11(13)10(7-9)12(2,3)4;1-7-5-8(12)6-9(13)10(7)11(2,3)4;1-8-5-9(11(2,3)4)7-10(12)6-8;2*1-8-7-9(11(2,3)4)5-6-10(8)12;1-8-5-6-10(12)9(7-8)11(2,3)4;1-8-6-5-7-9(10(8)12)11(2,3)4;1-9-5-7-10(8-6-9)11(2,3)4;2*1-9-6-5-7-10(8-9)11(2,3)4;1-9-7-5-6-8-10(9)11(2,3)4;1-10(2,3)8-4-6-9(11)7-5-8/h5-7H,1-4H3;5-6H,1-4H3;5*5-7H,1-4H3;4*5-8H,1-4H3;4-7H,1-3H3. The first-order valence-corrected chi connectivity index (χ1v) is 49.9. The zero-order chi connectivity index (χ0) is 110. The van der Waals surface area contributed by atoms with Crippen LogP contribution in [0.1, 0.15) is 389 Å². The molecular formula is C132H181F9O. The molecule has 142 heavy (non-hydrogen) atoms. The summed E-state index contributed by atoms with van der Waals surface area (Å²) in [4.78, 5) is 11.1. The maximum absolute atomic E-state index is 13.5. The lowest BCUT2D eigenvalue weighted by atomic mass is 9.84. The quantitative estimate of drug-likeness (QED) is 0.118. The summed E-state index contributed by atoms with van der Waals surface area (Å²) in [7, 11) is 0. The Labute approximate surface area is 858 Å². The Bertz CT molecular complexity index is 5640. The summed E-state index contributed by atoms with van der Waals surface area (Å²) in [6, 6.07) is 74.7. The molecule has 1 nitrogen and oxygen atoms in total. The molecule has 12 rings (SSSR count). The number of ketones is 1. The third-order valence-electron chi connectivity index (χ3n) is 23.4. The molecule has 0 radical (unpaired) electrons. The van der Waals surface area contributed by atoms with Gasteiger partial charge in [-0.05, 0) is 308 Å². The van der Waals surface area contributed by atoms with Crippen molar-refractivity contribution in [2.75, 3.05) is 0 Å². The predicted molar refractivity (Wildman–Crippen MR) is 599 cm³/mol. The second-order valence-corrected chi connectivity index (χ2v) is 50.1. The highest BCUT2D eigenvalue weighted by Crippen LogP contribution is 2.35. The molecule has 0 saturated heterocycles. The highest BCUT2D eigenvalue weighted by atomic mass is 19.2. The average Bonchev–Trinajstić information content (AvgIpc) is 0.804. The Kier molecular flexibility index (Phi) is 49.8. The largest absolute Gasteiger partial charge is 0.295 e. The van der Waals surface area contributed by atoms with Crippen LogP contribution in [0, 0.1) is 122 Å². The lowest BCUT2D eigenvalue weighted by Crippen LogP contribution is -2.15. The molecule has 0 spiro atoms. The van der Waals surface area contributed by atoms with E-state index in [2.05, 4.69) is 291 Å². The monoisotopic (exact) mass is 1950 g/mol. The molecule has 0 fully saturated rings. The van der Waals surface area contributed by atoms with Crippen LogP contribution in [0.15, 0.2) is 243 Å². The molecule has 0 saturated carbocycles. The highest BCUT2D eigenvalue weighted by molar-refractivity contribution is 5.94. The third-order valence-corrected chi connectivity index (χ3v) is 23.4. The van der Waals surface area contributed by atoms with E-state index in [4.69, 9.17) is 0 Å². The lowest BCUT2D eigenvalue weighted by Gasteiger charge is -2.22. The molecule has 0 bridgehead atoms. The van der Waals surface area contributed by atoms with E-state index in [9.17, 15) is 44.3 Å². The highest BCUT2D eigenvalue weighted by Gasteiger charge is 2.26. The maximum Gasteiger partial charge on any atom is 0.159 e. The number of benzene rings is 12. The molecule has 0 N–H and O–H groups in total. The van der Waals surface area contributed by atoms with Crippen molar-refractivity contribution in [2.24, 2.45) is 0 Å². The van der Waals surface area contributed by atoms with Crippen LogP contribution < -0.4 is 0 Å². The molecule has 12 aromatic carbocycles. The number of hydrogen-bond donors (Lipinski definition) is 0. The molecule has 0 aliphatic carbocycles. The number of carbonyl (C=O) groups is 1. The van der Waals surface area contributed by atoms with Crippen LogP contribution in [0.5, 0.6) is 0 Å². The normalized spacial score (nSPS) is 11.7. The van der Waals surface area contributed by atoms with Crippen molar-refractivity contribution in [1.82, 2.24) is 0 Å². The average molecular weight is 1950 g/mol. The molecule has 0 heterocycles. The third kappa shape index (κ3) is 48.4. The fourth-order valence-corrected chi connectivity index (χ4v) is 14.4. The number of carbonyl (C=O) groups excluding carboxylic acids is 1. The van der Waals surface area contributed by atoms with Gasteiger partial charge >= 0.3 is 0 Å². The molecule has 778 valence electrons. The lowest BCUT2D eigenvalue weighted by molar-refractivity contribution is 0.101. The van der Waals surface area contributed by atoms with E-state index in [-0.39, 0.29) is 111 Å². The van der Waals surface area contributed by atoms with E-state index >= 15 is 0 Å². The Morgan fingerprint density at radius 2 is 0.493 bits per heavy atom. The fraction of sp³-hybridized carbons (Fsp3) is 0.447. The predicted octanol–water partition coefficient (Wildman–Crippen LogP) is 40.3. The fourth-order valence-electron chi connectivity index (χ4n) is 14.4. The van der Waals surface area contributed by atoms with Crippen molar-refractivity contribution in [3.63, 3.8) is 0 Å². The van der Waals surface area contributed by atoms with E-state index in [1.54, 1.807) is 58.0 Å². The van der Waals surface area contributed by atoms with E-state index in [1.165, 1.54) is 117 Å². The van der Waals surface area contributed by atoms with Crippen LogP contribution in [0.4, 0.5) is 39.5 Å². The van der Waals surface area contributed by atoms with Gasteiger partial charge in [0.25, 0.3) is 0 Å². The molecule has 0 atom stereocenters. The summed E-state index contributed by atoms with van der Waals surface area (Å²) >= 11 is 0. The summed E-state index contributed by atoms with van der Waals surface area (Å²) in [6.07, 6.45) is 0. The number of Topliss-reactive ketones (excluding diaryl/α,β-unsaturated/α-hetero) is 1. The maximum atomic E-state index is 13.5. The van der Waals surface area contributed by atoms with Gasteiger partial charge in [-0.2, -0.15) is 0 Å². The van der Waals surface area contributed by atoms with Crippen molar-refractivity contribution in [1.29, 1.82) is 0 Å². The molecule has 0 aromatic heterocycles. The van der Waals surface area contributed by atoms with E-state index in [0.717, 1.165) is 50.6 Å². The summed E-state index contributed by atoms with van der Waals surface area (Å²) < 4.78 is 118. The Morgan fingerprint density at radius 1 is 0.183 bits per heavy atom. The van der Waals surface area contributed by atoms with Gasteiger partial charge in [-0.3, -0.25) is 4.79 Å². The van der Waals surface area contributed by atoms with Gasteiger partial charge in [-0.15, -0.1) is 0 Å². The van der Waals surface area contributed by atoms with E-state index in [1.807, 2.05) is 158 Å². The van der Waals surface area contributed by atoms with Crippen LogP contribution in [0.25, 0.3) is 0 Å². The molecule has 0 unspecified atom stereocenters. The summed E-state index contributed by atoms with van der Waals surface area (Å²) in [5.74, 6) is -1.96. The second-order valence-electron chi connectivity index (χ2n) is 50.1. The van der Waals surface area contributed by atoms with Crippen molar-refractivity contribution in [3.8, 4) is 0 Å². The van der Waals surface area contributed by atoms with Gasteiger partial charge < -0.3 is 0 Å². The Morgan fingerprint density at radius 3 is 0.810 bits per heavy atom. The SMILES string of the molecule is CC(=O)c1ccc(F)c(C(C)(C)C)c1.CC(C)(C)c1ccc(F)cc1.Cc1cc(C(C)(C)C)ccc1F.Cc1cc(C(C)(C)C)ccc1F.Cc1cc(F)cc(C(C)(C)C)c1.Cc1cc(F)cc(F)c1C(C)(C)C.Cc1ccc(C(C)(C)C)cc1.Cc1ccc(F)c(C(C)(C)C)c1.Cc1cccc(C(C)(C)C)c1.Cc1cccc(C(C)(C)C)c1.Cc1cccc(C(C)(C)C)c1F.Cc1ccccc1C(C)(C)C. The smallest absolute Gasteiger partial charge is 0.159 e. The van der Waals surface area contributed by atoms with Crippen LogP contribution in [-0.2, 0) is 65.0 Å². The summed E-state index contributed by atoms with van der Waals surface area (Å²) in [6.45, 7) is 96.9. The first-order chi connectivity index (χ1) is 64.2. The van der Waals surface area contributed by atoms with Crippen molar-refractivity contribution in [3.05, 3.63) is 423 Å². The number of hydrogen-bond acceptors (Lipinski definition) is 1. The first kappa shape index (κ1) is 130. The molecular weight excluding hydrogens is 1770 g/mol. The molecule has 12 aromatic rings. The minimum absolute atomic E-state index is 0.0319. The molecule has 10 heteroatoms. The molecule has 0 amide bonds. The van der Waals surface area contributed by atoms with Crippen molar-refractivity contribution < 1.29 is 44.3 Å². The van der Waals surface area contributed by atoms with Gasteiger partial charge in [0.1, 0.15) is 52.4 Å². The van der Waals surface area contributed by atoms with Crippen LogP contribution >= 0.6 is 0 Å². The van der Waals surface area contributed by atoms with E-state index < -0.39 is 11.6 Å². The van der Waals surface area contributed by atoms with Gasteiger partial charge in [0, 0.05) is 11.6 Å². The van der Waals surface area contributed by atoms with E-state index in [0.29, 0.717) is 22.3 Å². The zero-order valence-corrected chi connectivity index (χ0v) is 96.4. The minimum Gasteiger partial charge on any atom is -0.295 e. The topological polar surface area (TPSA) is 17.1 Å². The Hall–Kier alpha value is -10.3. The van der Waals surface area contributed by atoms with Crippen molar-refractivity contribution in [2.45, 2.75) is 390 Å². The number of rotatable bonds is 1. The molecule has 0 aliphatic heterocycles. The van der Waals surface area contributed by atoms with Gasteiger partial charge in [0.2, 0.25) is 0 Å². The first-order valence-electron chi connectivity index (χ1n) is 49.9. The van der Waals surface area contributed by atoms with Crippen LogP contribution in [0.3, 0.4) is 0 Å². The minimum atomic E-state index is -0.511. The second kappa shape index (κ2) is 54.6. The summed E-state index contributed by atoms with van der Waals surface area (Å²) in [5.41, 5.74) is 24.7. The number of halogens is 9. The van der Waals surface area contributed by atoms with Gasteiger partial charge in [-0.25, -0.2) is 39.5 Å². The molecule has 0 aliphatic rings. The van der Waals surface area contributed by atoms with Crippen LogP contribution in [-0.4, -0.2) is 5.78 Å². The zero-order valence-electron chi connectivity index (χ0n) is 96.4. The van der Waals surface area contributed by atoms with Gasteiger partial charge in [-0.1, -0.05) is 441 Å².